The standard InChI is InChI=1S/C19H44O7Si4.C17H38O6Si3/c1-17(2)19(21)23-16-18(20)15-22-13-12-14-30(24-27(3,4)5,25-28(6,7)8)26-29(9,10)11;1-15(2)17(19)21-16(13-18)14-20-11-10-12-26(9,22-24(3,4)5)23-25(6,7)8/h18,20H,1,12-16H2,2-11H3;16,18H,1,10-14H2,2-9H3. The summed E-state index contributed by atoms with van der Waals surface area (Å²) in [5.74, 6) is -1.03. The summed E-state index contributed by atoms with van der Waals surface area (Å²) in [6.45, 7) is 45.7. The largest absolute Gasteiger partial charge is 0.469 e. The van der Waals surface area contributed by atoms with Crippen molar-refractivity contribution in [1.82, 2.24) is 0 Å². The summed E-state index contributed by atoms with van der Waals surface area (Å²) < 4.78 is 54.0. The van der Waals surface area contributed by atoms with Crippen molar-refractivity contribution in [3.63, 3.8) is 0 Å². The molecule has 2 unspecified atom stereocenters. The summed E-state index contributed by atoms with van der Waals surface area (Å²) in [4.78, 5) is 22.9. The molecule has 0 saturated carbocycles. The molecule has 0 bridgehead atoms. The van der Waals surface area contributed by atoms with Crippen molar-refractivity contribution in [3.8, 4) is 0 Å². The number of aliphatic hydroxyl groups is 2. The third-order valence-electron chi connectivity index (χ3n) is 6.32. The molecule has 0 fully saturated rings. The second kappa shape index (κ2) is 25.4. The lowest BCUT2D eigenvalue weighted by Gasteiger charge is -2.42. The van der Waals surface area contributed by atoms with E-state index in [1.165, 1.54) is 0 Å². The molecule has 332 valence electrons. The molecular weight excluding hydrogens is 837 g/mol. The monoisotopic (exact) mass is 918 g/mol. The minimum atomic E-state index is -2.86. The number of hydrogen-bond donors (Lipinski definition) is 2. The average Bonchev–Trinajstić information content (AvgIpc) is 2.94. The van der Waals surface area contributed by atoms with Crippen LogP contribution in [0.4, 0.5) is 0 Å². The van der Waals surface area contributed by atoms with E-state index in [0.717, 1.165) is 12.5 Å². The Kier molecular flexibility index (Phi) is 26.1. The molecule has 0 radical (unpaired) electrons. The molecule has 0 aromatic heterocycles. The van der Waals surface area contributed by atoms with Crippen molar-refractivity contribution >= 4 is 70.9 Å². The van der Waals surface area contributed by atoms with Gasteiger partial charge in [-0.1, -0.05) is 13.2 Å². The summed E-state index contributed by atoms with van der Waals surface area (Å²) >= 11 is 0. The van der Waals surface area contributed by atoms with Crippen LogP contribution < -0.4 is 0 Å². The van der Waals surface area contributed by atoms with Crippen LogP contribution in [0.3, 0.4) is 0 Å². The Balaban J connectivity index is 0. The van der Waals surface area contributed by atoms with Crippen LogP contribution in [-0.4, -0.2) is 133 Å². The number of aliphatic hydroxyl groups excluding tert-OH is 2. The highest BCUT2D eigenvalue weighted by atomic mass is 28.5. The molecule has 0 aromatic carbocycles. The third-order valence-corrected chi connectivity index (χ3v) is 28.0. The van der Waals surface area contributed by atoms with Gasteiger partial charge in [-0.05, 0) is 137 Å². The van der Waals surface area contributed by atoms with Gasteiger partial charge < -0.3 is 49.7 Å². The zero-order chi connectivity index (χ0) is 44.4. The van der Waals surface area contributed by atoms with Gasteiger partial charge in [-0.3, -0.25) is 0 Å². The van der Waals surface area contributed by atoms with Gasteiger partial charge in [-0.25, -0.2) is 9.59 Å². The van der Waals surface area contributed by atoms with E-state index in [-0.39, 0.29) is 26.4 Å². The first-order valence-corrected chi connectivity index (χ1v) is 41.2. The Hall–Kier alpha value is -0.422. The van der Waals surface area contributed by atoms with E-state index in [0.29, 0.717) is 36.8 Å². The second-order valence-corrected chi connectivity index (χ2v) is 49.1. The van der Waals surface area contributed by atoms with Gasteiger partial charge in [0, 0.05) is 30.4 Å². The SMILES string of the molecule is C=C(C)C(=O)OC(CO)COCCC[Si](C)(O[Si](C)(C)C)O[Si](C)(C)C.C=C(C)C(=O)OCC(O)COCCC[Si](O[Si](C)(C)C)(O[Si](C)(C)C)O[Si](C)(C)C. The molecule has 0 heterocycles. The predicted molar refractivity (Wildman–Crippen MR) is 244 cm³/mol. The minimum Gasteiger partial charge on any atom is -0.460 e. The smallest absolute Gasteiger partial charge is 0.460 e. The fourth-order valence-corrected chi connectivity index (χ4v) is 32.2. The maximum atomic E-state index is 11.5. The topological polar surface area (TPSA) is 158 Å². The fourth-order valence-electron chi connectivity index (χ4n) is 5.07. The number of rotatable bonds is 28. The highest BCUT2D eigenvalue weighted by Gasteiger charge is 2.49. The van der Waals surface area contributed by atoms with Crippen LogP contribution in [-0.2, 0) is 49.1 Å². The van der Waals surface area contributed by atoms with Crippen LogP contribution in [0.15, 0.2) is 24.3 Å². The van der Waals surface area contributed by atoms with E-state index < -0.39 is 83.1 Å². The molecule has 0 amide bonds. The lowest BCUT2D eigenvalue weighted by molar-refractivity contribution is -0.149. The van der Waals surface area contributed by atoms with E-state index >= 15 is 0 Å². The predicted octanol–water partition coefficient (Wildman–Crippen LogP) is 8.02. The number of carbonyl (C=O) groups excluding carboxylic acids is 2. The van der Waals surface area contributed by atoms with Crippen molar-refractivity contribution in [3.05, 3.63) is 24.3 Å². The van der Waals surface area contributed by atoms with Crippen molar-refractivity contribution in [2.24, 2.45) is 0 Å². The number of hydrogen-bond acceptors (Lipinski definition) is 13. The van der Waals surface area contributed by atoms with Gasteiger partial charge in [0.15, 0.2) is 41.6 Å². The molecule has 13 nitrogen and oxygen atoms in total. The molecule has 0 aliphatic heterocycles. The Morgan fingerprint density at radius 2 is 0.929 bits per heavy atom. The molecule has 0 rings (SSSR count). The maximum Gasteiger partial charge on any atom is 0.469 e. The Labute approximate surface area is 348 Å². The van der Waals surface area contributed by atoms with Crippen molar-refractivity contribution in [2.75, 3.05) is 39.6 Å². The van der Waals surface area contributed by atoms with Crippen LogP contribution in [0, 0.1) is 0 Å². The molecule has 56 heavy (non-hydrogen) atoms. The fraction of sp³-hybridized carbons (Fsp3) is 0.833. The first-order chi connectivity index (χ1) is 25.0. The number of esters is 2. The zero-order valence-corrected chi connectivity index (χ0v) is 45.5. The molecular formula is C36H82O13Si7. The van der Waals surface area contributed by atoms with Gasteiger partial charge in [0.05, 0.1) is 19.8 Å². The van der Waals surface area contributed by atoms with E-state index in [1.54, 1.807) is 13.8 Å². The van der Waals surface area contributed by atoms with Gasteiger partial charge in [0.25, 0.3) is 0 Å². The Bertz CT molecular complexity index is 1130. The number of carbonyl (C=O) groups is 2. The minimum absolute atomic E-state index is 0.0939. The Morgan fingerprint density at radius 1 is 0.554 bits per heavy atom. The maximum absolute atomic E-state index is 11.5. The molecule has 0 spiro atoms. The molecule has 0 saturated heterocycles. The molecule has 2 N–H and O–H groups in total. The van der Waals surface area contributed by atoms with Crippen LogP contribution in [0.5, 0.6) is 0 Å². The van der Waals surface area contributed by atoms with E-state index in [4.69, 9.17) is 39.5 Å². The first kappa shape index (κ1) is 57.7. The van der Waals surface area contributed by atoms with E-state index in [9.17, 15) is 19.8 Å². The quantitative estimate of drug-likeness (QED) is 0.0337. The molecule has 0 aliphatic rings. The average molecular weight is 920 g/mol. The molecule has 2 atom stereocenters. The van der Waals surface area contributed by atoms with Crippen LogP contribution in [0.1, 0.15) is 26.7 Å². The number of ether oxygens (including phenoxy) is 4. The molecule has 0 aliphatic carbocycles. The van der Waals surface area contributed by atoms with Crippen molar-refractivity contribution in [1.29, 1.82) is 0 Å². The van der Waals surface area contributed by atoms with Crippen molar-refractivity contribution in [2.45, 2.75) is 156 Å². The van der Waals surface area contributed by atoms with E-state index in [1.807, 2.05) is 0 Å². The van der Waals surface area contributed by atoms with Crippen LogP contribution >= 0.6 is 0 Å². The summed E-state index contributed by atoms with van der Waals surface area (Å²) in [6.07, 6.45) is -0.0157. The van der Waals surface area contributed by atoms with Crippen molar-refractivity contribution < 1.29 is 59.3 Å². The highest BCUT2D eigenvalue weighted by molar-refractivity contribution is 6.90. The van der Waals surface area contributed by atoms with Crippen LogP contribution in [0.25, 0.3) is 0 Å². The van der Waals surface area contributed by atoms with Gasteiger partial charge in [0.1, 0.15) is 18.8 Å². The molecule has 20 heteroatoms. The first-order valence-electron chi connectivity index (χ1n) is 19.7. The van der Waals surface area contributed by atoms with Gasteiger partial charge in [0.2, 0.25) is 0 Å². The Morgan fingerprint density at radius 3 is 1.29 bits per heavy atom. The normalized spacial score (nSPS) is 14.4. The lowest BCUT2D eigenvalue weighted by Crippen LogP contribution is -2.60. The summed E-state index contributed by atoms with van der Waals surface area (Å²) in [5, 5.41) is 19.2. The van der Waals surface area contributed by atoms with Gasteiger partial charge in [-0.15, -0.1) is 0 Å². The summed E-state index contributed by atoms with van der Waals surface area (Å²) in [6, 6.07) is 1.55. The highest BCUT2D eigenvalue weighted by Crippen LogP contribution is 2.30. The van der Waals surface area contributed by atoms with Gasteiger partial charge >= 0.3 is 29.3 Å². The van der Waals surface area contributed by atoms with Crippen LogP contribution in [0.2, 0.25) is 117 Å². The zero-order valence-electron chi connectivity index (χ0n) is 38.5. The summed E-state index contributed by atoms with van der Waals surface area (Å²) in [7, 11) is -14.2. The second-order valence-electron chi connectivity index (χ2n) is 19.3. The van der Waals surface area contributed by atoms with Gasteiger partial charge in [-0.2, -0.15) is 0 Å². The lowest BCUT2D eigenvalue weighted by atomic mass is 10.3. The molecule has 0 aromatic rings. The summed E-state index contributed by atoms with van der Waals surface area (Å²) in [5.41, 5.74) is 0.605. The van der Waals surface area contributed by atoms with E-state index in [2.05, 4.69) is 118 Å². The third kappa shape index (κ3) is 33.4.